The van der Waals surface area contributed by atoms with Gasteiger partial charge in [-0.05, 0) is 44.5 Å². The van der Waals surface area contributed by atoms with E-state index in [-0.39, 0.29) is 34.6 Å². The molecule has 1 rings (SSSR count). The minimum atomic E-state index is -3.72. The Kier molecular flexibility index (Phi) is 9.11. The molecule has 0 saturated heterocycles. The van der Waals surface area contributed by atoms with E-state index in [1.54, 1.807) is 32.9 Å². The van der Waals surface area contributed by atoms with E-state index in [1.165, 1.54) is 10.4 Å². The van der Waals surface area contributed by atoms with Crippen LogP contribution < -0.4 is 10.1 Å². The third-order valence-electron chi connectivity index (χ3n) is 5.16. The standard InChI is InChI=1S/C21H37N3O4S/c1-9-24(10-2)29(26,27)19-14-17(12-13-18(19)28-11-3)22-20(25)15-23(8)16(4)21(5,6)7/h12-14,16H,9-11,15H2,1-8H3,(H,22,25). The number of nitrogens with one attached hydrogen (secondary N) is 1. The Morgan fingerprint density at radius 2 is 1.76 bits per heavy atom. The number of carbonyl (C=O) groups is 1. The van der Waals surface area contributed by atoms with E-state index >= 15 is 0 Å². The maximum atomic E-state index is 13.0. The molecule has 0 radical (unpaired) electrons. The van der Waals surface area contributed by atoms with Gasteiger partial charge in [0.05, 0.1) is 13.2 Å². The van der Waals surface area contributed by atoms with Crippen LogP contribution in [0.25, 0.3) is 0 Å². The molecule has 7 nitrogen and oxygen atoms in total. The third-order valence-corrected chi connectivity index (χ3v) is 7.23. The van der Waals surface area contributed by atoms with Gasteiger partial charge in [-0.25, -0.2) is 8.42 Å². The molecular weight excluding hydrogens is 390 g/mol. The Hall–Kier alpha value is -1.64. The van der Waals surface area contributed by atoms with E-state index in [2.05, 4.69) is 33.0 Å². The van der Waals surface area contributed by atoms with Gasteiger partial charge in [0.25, 0.3) is 0 Å². The minimum absolute atomic E-state index is 0.0409. The van der Waals surface area contributed by atoms with Crippen LogP contribution in [0.15, 0.2) is 23.1 Å². The summed E-state index contributed by atoms with van der Waals surface area (Å²) in [4.78, 5) is 14.6. The molecule has 1 aromatic rings. The number of hydrogen-bond acceptors (Lipinski definition) is 5. The van der Waals surface area contributed by atoms with Crippen LogP contribution in [-0.2, 0) is 14.8 Å². The fourth-order valence-electron chi connectivity index (χ4n) is 2.99. The van der Waals surface area contributed by atoms with Crippen molar-refractivity contribution in [2.24, 2.45) is 5.41 Å². The SMILES string of the molecule is CCOc1ccc(NC(=O)CN(C)C(C)C(C)(C)C)cc1S(=O)(=O)N(CC)CC. The van der Waals surface area contributed by atoms with Crippen LogP contribution in [0.2, 0.25) is 0 Å². The summed E-state index contributed by atoms with van der Waals surface area (Å²) in [5.41, 5.74) is 0.472. The summed E-state index contributed by atoms with van der Waals surface area (Å²) in [6, 6.07) is 4.94. The second kappa shape index (κ2) is 10.4. The summed E-state index contributed by atoms with van der Waals surface area (Å²) in [7, 11) is -1.81. The predicted molar refractivity (Wildman–Crippen MR) is 118 cm³/mol. The largest absolute Gasteiger partial charge is 0.492 e. The van der Waals surface area contributed by atoms with E-state index in [0.29, 0.717) is 25.4 Å². The van der Waals surface area contributed by atoms with Gasteiger partial charge in [-0.15, -0.1) is 0 Å². The van der Waals surface area contributed by atoms with Crippen molar-refractivity contribution >= 4 is 21.6 Å². The van der Waals surface area contributed by atoms with Crippen LogP contribution in [0.5, 0.6) is 5.75 Å². The summed E-state index contributed by atoms with van der Waals surface area (Å²) in [5, 5.41) is 2.82. The van der Waals surface area contributed by atoms with E-state index < -0.39 is 10.0 Å². The van der Waals surface area contributed by atoms with E-state index in [1.807, 2.05) is 11.9 Å². The number of sulfonamides is 1. The van der Waals surface area contributed by atoms with Crippen molar-refractivity contribution < 1.29 is 17.9 Å². The molecule has 0 spiro atoms. The molecule has 1 N–H and O–H groups in total. The highest BCUT2D eigenvalue weighted by Crippen LogP contribution is 2.30. The van der Waals surface area contributed by atoms with E-state index in [0.717, 1.165) is 0 Å². The number of anilines is 1. The molecule has 1 atom stereocenters. The first-order valence-corrected chi connectivity index (χ1v) is 11.6. The molecule has 0 fully saturated rings. The zero-order valence-corrected chi connectivity index (χ0v) is 19.9. The third kappa shape index (κ3) is 6.69. The lowest BCUT2D eigenvalue weighted by atomic mass is 9.87. The molecule has 0 aliphatic rings. The van der Waals surface area contributed by atoms with Crippen molar-refractivity contribution in [3.05, 3.63) is 18.2 Å². The molecule has 0 heterocycles. The predicted octanol–water partition coefficient (Wildman–Crippen LogP) is 3.42. The van der Waals surface area contributed by atoms with Crippen molar-refractivity contribution in [1.29, 1.82) is 0 Å². The fraction of sp³-hybridized carbons (Fsp3) is 0.667. The summed E-state index contributed by atoms with van der Waals surface area (Å²) in [5.74, 6) is 0.0924. The Morgan fingerprint density at radius 3 is 2.24 bits per heavy atom. The zero-order valence-electron chi connectivity index (χ0n) is 19.1. The Bertz CT molecular complexity index is 784. The van der Waals surface area contributed by atoms with Gasteiger partial charge in [0.1, 0.15) is 10.6 Å². The lowest BCUT2D eigenvalue weighted by molar-refractivity contribution is -0.117. The van der Waals surface area contributed by atoms with Crippen molar-refractivity contribution in [3.8, 4) is 5.75 Å². The topological polar surface area (TPSA) is 79.0 Å². The second-order valence-corrected chi connectivity index (χ2v) is 10.1. The Balaban J connectivity index is 3.12. The molecule has 0 bridgehead atoms. The van der Waals surface area contributed by atoms with Crippen LogP contribution in [0.4, 0.5) is 5.69 Å². The highest BCUT2D eigenvalue weighted by Gasteiger charge is 2.27. The van der Waals surface area contributed by atoms with Crippen LogP contribution in [0.1, 0.15) is 48.5 Å². The average molecular weight is 428 g/mol. The maximum absolute atomic E-state index is 13.0. The van der Waals surface area contributed by atoms with Gasteiger partial charge in [-0.1, -0.05) is 34.6 Å². The number of ether oxygens (including phenoxy) is 1. The number of amides is 1. The molecule has 8 heteroatoms. The molecule has 1 unspecified atom stereocenters. The second-order valence-electron chi connectivity index (χ2n) is 8.19. The lowest BCUT2D eigenvalue weighted by Crippen LogP contribution is -2.43. The van der Waals surface area contributed by atoms with Crippen LogP contribution >= 0.6 is 0 Å². The lowest BCUT2D eigenvalue weighted by Gasteiger charge is -2.34. The number of carbonyl (C=O) groups excluding carboxylic acids is 1. The van der Waals surface area contributed by atoms with Crippen LogP contribution in [-0.4, -0.2) is 62.9 Å². The van der Waals surface area contributed by atoms with Crippen molar-refractivity contribution in [2.45, 2.75) is 59.4 Å². The van der Waals surface area contributed by atoms with Crippen molar-refractivity contribution in [1.82, 2.24) is 9.21 Å². The zero-order chi connectivity index (χ0) is 22.4. The van der Waals surface area contributed by atoms with Gasteiger partial charge in [-0.3, -0.25) is 9.69 Å². The minimum Gasteiger partial charge on any atom is -0.492 e. The normalized spacial score (nSPS) is 13.6. The monoisotopic (exact) mass is 427 g/mol. The highest BCUT2D eigenvalue weighted by molar-refractivity contribution is 7.89. The quantitative estimate of drug-likeness (QED) is 0.619. The summed E-state index contributed by atoms with van der Waals surface area (Å²) in [6.45, 7) is 15.1. The van der Waals surface area contributed by atoms with E-state index in [4.69, 9.17) is 4.74 Å². The number of benzene rings is 1. The molecule has 29 heavy (non-hydrogen) atoms. The molecule has 0 saturated carbocycles. The van der Waals surface area contributed by atoms with Crippen LogP contribution in [0.3, 0.4) is 0 Å². The van der Waals surface area contributed by atoms with Gasteiger partial charge < -0.3 is 10.1 Å². The molecular formula is C21H37N3O4S. The highest BCUT2D eigenvalue weighted by atomic mass is 32.2. The first-order chi connectivity index (χ1) is 13.4. The first kappa shape index (κ1) is 25.4. The fourth-order valence-corrected chi connectivity index (χ4v) is 4.60. The molecule has 1 amide bonds. The van der Waals surface area contributed by atoms with Gasteiger partial charge in [0.15, 0.2) is 0 Å². The van der Waals surface area contributed by atoms with Gasteiger partial charge in [-0.2, -0.15) is 4.31 Å². The molecule has 0 aliphatic carbocycles. The van der Waals surface area contributed by atoms with Crippen LogP contribution in [0, 0.1) is 5.41 Å². The van der Waals surface area contributed by atoms with Crippen molar-refractivity contribution in [2.75, 3.05) is 38.6 Å². The maximum Gasteiger partial charge on any atom is 0.246 e. The smallest absolute Gasteiger partial charge is 0.246 e. The van der Waals surface area contributed by atoms with Gasteiger partial charge in [0, 0.05) is 24.8 Å². The number of nitrogens with zero attached hydrogens (tertiary/aromatic N) is 2. The average Bonchev–Trinajstić information content (AvgIpc) is 2.62. The van der Waals surface area contributed by atoms with Gasteiger partial charge >= 0.3 is 0 Å². The Morgan fingerprint density at radius 1 is 1.17 bits per heavy atom. The number of rotatable bonds is 10. The van der Waals surface area contributed by atoms with Gasteiger partial charge in [0.2, 0.25) is 15.9 Å². The number of hydrogen-bond donors (Lipinski definition) is 1. The van der Waals surface area contributed by atoms with E-state index in [9.17, 15) is 13.2 Å². The first-order valence-electron chi connectivity index (χ1n) is 10.1. The van der Waals surface area contributed by atoms with Crippen molar-refractivity contribution in [3.63, 3.8) is 0 Å². The number of likely N-dealkylation sites (N-methyl/N-ethyl adjacent to an activating group) is 1. The molecule has 0 aliphatic heterocycles. The summed E-state index contributed by atoms with van der Waals surface area (Å²) in [6.07, 6.45) is 0. The molecule has 1 aromatic carbocycles. The summed E-state index contributed by atoms with van der Waals surface area (Å²) >= 11 is 0. The molecule has 0 aromatic heterocycles. The Labute approximate surface area is 176 Å². The molecule has 166 valence electrons. The summed E-state index contributed by atoms with van der Waals surface area (Å²) < 4.78 is 33.0.